The summed E-state index contributed by atoms with van der Waals surface area (Å²) in [5.74, 6) is 1.27. The SMILES string of the molecule is CN(Cc1cnn(Cc2ccccc2)c1)C(=O)COc1cccc2c1OC(C)(C)C2. The highest BCUT2D eigenvalue weighted by atomic mass is 16.5. The molecule has 1 aromatic heterocycles. The molecule has 0 spiro atoms. The molecule has 2 aromatic carbocycles. The molecule has 0 atom stereocenters. The van der Waals surface area contributed by atoms with Gasteiger partial charge in [-0.3, -0.25) is 9.48 Å². The van der Waals surface area contributed by atoms with Gasteiger partial charge < -0.3 is 14.4 Å². The first kappa shape index (κ1) is 20.0. The third kappa shape index (κ3) is 4.64. The molecule has 2 heterocycles. The summed E-state index contributed by atoms with van der Waals surface area (Å²) in [4.78, 5) is 14.2. The molecule has 1 aliphatic heterocycles. The fraction of sp³-hybridized carbons (Fsp3) is 0.333. The average Bonchev–Trinajstić information content (AvgIpc) is 3.28. The molecule has 0 aliphatic carbocycles. The van der Waals surface area contributed by atoms with Crippen LogP contribution in [0, 0.1) is 0 Å². The fourth-order valence-corrected chi connectivity index (χ4v) is 3.66. The van der Waals surface area contributed by atoms with E-state index in [1.807, 2.05) is 61.1 Å². The van der Waals surface area contributed by atoms with Gasteiger partial charge in [-0.1, -0.05) is 42.5 Å². The molecule has 4 rings (SSSR count). The zero-order valence-electron chi connectivity index (χ0n) is 17.7. The van der Waals surface area contributed by atoms with Crippen LogP contribution in [-0.2, 0) is 24.3 Å². The van der Waals surface area contributed by atoms with Crippen LogP contribution in [0.15, 0.2) is 60.9 Å². The van der Waals surface area contributed by atoms with Crippen molar-refractivity contribution in [2.75, 3.05) is 13.7 Å². The van der Waals surface area contributed by atoms with E-state index in [1.165, 1.54) is 5.56 Å². The van der Waals surface area contributed by atoms with E-state index in [4.69, 9.17) is 9.47 Å². The third-order valence-corrected chi connectivity index (χ3v) is 5.13. The van der Waals surface area contributed by atoms with Crippen LogP contribution in [0.5, 0.6) is 11.5 Å². The Labute approximate surface area is 177 Å². The third-order valence-electron chi connectivity index (χ3n) is 5.13. The number of carbonyl (C=O) groups excluding carboxylic acids is 1. The second-order valence-electron chi connectivity index (χ2n) is 8.35. The number of rotatable bonds is 7. The lowest BCUT2D eigenvalue weighted by Crippen LogP contribution is -2.31. The van der Waals surface area contributed by atoms with E-state index in [-0.39, 0.29) is 18.1 Å². The first-order valence-corrected chi connectivity index (χ1v) is 10.1. The highest BCUT2D eigenvalue weighted by Crippen LogP contribution is 2.41. The van der Waals surface area contributed by atoms with Crippen molar-refractivity contribution in [2.24, 2.45) is 0 Å². The number of ether oxygens (including phenoxy) is 2. The first-order valence-electron chi connectivity index (χ1n) is 10.1. The predicted molar refractivity (Wildman–Crippen MR) is 115 cm³/mol. The lowest BCUT2D eigenvalue weighted by atomic mass is 10.0. The van der Waals surface area contributed by atoms with Gasteiger partial charge in [0.2, 0.25) is 0 Å². The molecule has 3 aromatic rings. The fourth-order valence-electron chi connectivity index (χ4n) is 3.66. The van der Waals surface area contributed by atoms with Crippen LogP contribution in [0.4, 0.5) is 0 Å². The average molecular weight is 405 g/mol. The number of nitrogens with zero attached hydrogens (tertiary/aromatic N) is 3. The quantitative estimate of drug-likeness (QED) is 0.602. The molecule has 0 bridgehead atoms. The van der Waals surface area contributed by atoms with Crippen LogP contribution >= 0.6 is 0 Å². The summed E-state index contributed by atoms with van der Waals surface area (Å²) in [5.41, 5.74) is 3.03. The molecule has 0 N–H and O–H groups in total. The number of hydrogen-bond acceptors (Lipinski definition) is 4. The van der Waals surface area contributed by atoms with Gasteiger partial charge in [0.15, 0.2) is 18.1 Å². The lowest BCUT2D eigenvalue weighted by molar-refractivity contribution is -0.132. The van der Waals surface area contributed by atoms with Gasteiger partial charge >= 0.3 is 0 Å². The molecule has 1 amide bonds. The number of para-hydroxylation sites is 1. The Morgan fingerprint density at radius 1 is 1.17 bits per heavy atom. The summed E-state index contributed by atoms with van der Waals surface area (Å²) in [7, 11) is 1.77. The van der Waals surface area contributed by atoms with Gasteiger partial charge in [-0.2, -0.15) is 5.10 Å². The van der Waals surface area contributed by atoms with Gasteiger partial charge in [-0.25, -0.2) is 0 Å². The number of likely N-dealkylation sites (N-methyl/N-ethyl adjacent to an activating group) is 1. The minimum atomic E-state index is -0.248. The van der Waals surface area contributed by atoms with Gasteiger partial charge in [0.25, 0.3) is 5.91 Å². The number of aromatic nitrogens is 2. The summed E-state index contributed by atoms with van der Waals surface area (Å²) >= 11 is 0. The lowest BCUT2D eigenvalue weighted by Gasteiger charge is -2.19. The first-order chi connectivity index (χ1) is 14.4. The van der Waals surface area contributed by atoms with E-state index in [0.29, 0.717) is 18.8 Å². The maximum Gasteiger partial charge on any atom is 0.260 e. The molecule has 6 heteroatoms. The maximum absolute atomic E-state index is 12.6. The standard InChI is InChI=1S/C24H27N3O3/c1-24(2)12-20-10-7-11-21(23(20)30-24)29-17-22(28)26(3)14-19-13-25-27(16-19)15-18-8-5-4-6-9-18/h4-11,13,16H,12,14-15,17H2,1-3H3. The van der Waals surface area contributed by atoms with Gasteiger partial charge in [0.1, 0.15) is 5.60 Å². The summed E-state index contributed by atoms with van der Waals surface area (Å²) in [6.45, 7) is 5.25. The van der Waals surface area contributed by atoms with Crippen LogP contribution in [0.3, 0.4) is 0 Å². The molecule has 6 nitrogen and oxygen atoms in total. The summed E-state index contributed by atoms with van der Waals surface area (Å²) in [6, 6.07) is 16.0. The topological polar surface area (TPSA) is 56.6 Å². The molecule has 30 heavy (non-hydrogen) atoms. The second kappa shape index (κ2) is 8.22. The van der Waals surface area contributed by atoms with E-state index in [0.717, 1.165) is 23.3 Å². The Bertz CT molecular complexity index is 1030. The summed E-state index contributed by atoms with van der Waals surface area (Å²) in [6.07, 6.45) is 4.60. The van der Waals surface area contributed by atoms with Gasteiger partial charge in [0, 0.05) is 37.3 Å². The number of amides is 1. The number of fused-ring (bicyclic) bond motifs is 1. The van der Waals surface area contributed by atoms with Crippen molar-refractivity contribution in [1.29, 1.82) is 0 Å². The van der Waals surface area contributed by atoms with Crippen LogP contribution in [0.2, 0.25) is 0 Å². The number of carbonyl (C=O) groups is 1. The Balaban J connectivity index is 1.32. The Morgan fingerprint density at radius 3 is 2.77 bits per heavy atom. The van der Waals surface area contributed by atoms with Crippen LogP contribution in [0.1, 0.15) is 30.5 Å². The second-order valence-corrected chi connectivity index (χ2v) is 8.35. The molecular formula is C24H27N3O3. The van der Waals surface area contributed by atoms with Crippen LogP contribution < -0.4 is 9.47 Å². The predicted octanol–water partition coefficient (Wildman–Crippen LogP) is 3.68. The maximum atomic E-state index is 12.6. The molecule has 0 radical (unpaired) electrons. The normalized spacial score (nSPS) is 14.1. The zero-order chi connectivity index (χ0) is 21.1. The van der Waals surface area contributed by atoms with Crippen molar-refractivity contribution in [3.8, 4) is 11.5 Å². The molecule has 1 aliphatic rings. The van der Waals surface area contributed by atoms with Crippen molar-refractivity contribution in [2.45, 2.75) is 39.0 Å². The van der Waals surface area contributed by atoms with Gasteiger partial charge in [-0.15, -0.1) is 0 Å². The van der Waals surface area contributed by atoms with Crippen molar-refractivity contribution in [1.82, 2.24) is 14.7 Å². The molecule has 156 valence electrons. The largest absolute Gasteiger partial charge is 0.483 e. The molecular weight excluding hydrogens is 378 g/mol. The number of hydrogen-bond donors (Lipinski definition) is 0. The molecule has 0 fully saturated rings. The van der Waals surface area contributed by atoms with E-state index in [2.05, 4.69) is 17.2 Å². The van der Waals surface area contributed by atoms with E-state index in [9.17, 15) is 4.79 Å². The van der Waals surface area contributed by atoms with Gasteiger partial charge in [0.05, 0.1) is 12.7 Å². The monoisotopic (exact) mass is 405 g/mol. The van der Waals surface area contributed by atoms with Crippen LogP contribution in [-0.4, -0.2) is 39.8 Å². The van der Waals surface area contributed by atoms with E-state index < -0.39 is 0 Å². The Hall–Kier alpha value is -3.28. The zero-order valence-corrected chi connectivity index (χ0v) is 17.7. The summed E-state index contributed by atoms with van der Waals surface area (Å²) in [5, 5.41) is 4.40. The molecule has 0 saturated heterocycles. The molecule has 0 saturated carbocycles. The van der Waals surface area contributed by atoms with E-state index >= 15 is 0 Å². The van der Waals surface area contributed by atoms with Crippen molar-refractivity contribution in [3.63, 3.8) is 0 Å². The van der Waals surface area contributed by atoms with Crippen molar-refractivity contribution in [3.05, 3.63) is 77.6 Å². The van der Waals surface area contributed by atoms with Crippen molar-refractivity contribution < 1.29 is 14.3 Å². The minimum absolute atomic E-state index is 0.0328. The van der Waals surface area contributed by atoms with Crippen molar-refractivity contribution >= 4 is 5.91 Å². The molecule has 0 unspecified atom stereocenters. The van der Waals surface area contributed by atoms with E-state index in [1.54, 1.807) is 18.1 Å². The Morgan fingerprint density at radius 2 is 1.97 bits per heavy atom. The smallest absolute Gasteiger partial charge is 0.260 e. The Kier molecular flexibility index (Phi) is 5.48. The summed E-state index contributed by atoms with van der Waals surface area (Å²) < 4.78 is 13.7. The van der Waals surface area contributed by atoms with Gasteiger partial charge in [-0.05, 0) is 25.5 Å². The van der Waals surface area contributed by atoms with Crippen LogP contribution in [0.25, 0.3) is 0 Å². The highest BCUT2D eigenvalue weighted by Gasteiger charge is 2.32. The highest BCUT2D eigenvalue weighted by molar-refractivity contribution is 5.77. The minimum Gasteiger partial charge on any atom is -0.483 e. The number of benzene rings is 2.